The quantitative estimate of drug-likeness (QED) is 0.646. The van der Waals surface area contributed by atoms with Crippen LogP contribution in [-0.2, 0) is 4.79 Å². The van der Waals surface area contributed by atoms with Gasteiger partial charge in [-0.05, 0) is 50.1 Å². The van der Waals surface area contributed by atoms with E-state index in [2.05, 4.69) is 5.32 Å². The molecule has 2 aromatic rings. The Bertz CT molecular complexity index is 772. The highest BCUT2D eigenvalue weighted by molar-refractivity contribution is 6.33. The number of nitrogens with zero attached hydrogens (tertiary/aromatic N) is 1. The van der Waals surface area contributed by atoms with Crippen molar-refractivity contribution in [2.24, 2.45) is 0 Å². The zero-order valence-electron chi connectivity index (χ0n) is 13.5. The third kappa shape index (κ3) is 4.45. The molecule has 24 heavy (non-hydrogen) atoms. The third-order valence-electron chi connectivity index (χ3n) is 3.30. The van der Waals surface area contributed by atoms with Gasteiger partial charge in [0.1, 0.15) is 5.75 Å². The average Bonchev–Trinajstić information content (AvgIpc) is 2.48. The first kappa shape index (κ1) is 17.7. The number of rotatable bonds is 5. The molecule has 1 N–H and O–H groups in total. The summed E-state index contributed by atoms with van der Waals surface area (Å²) in [6.45, 7) is 5.47. The molecule has 0 saturated carbocycles. The summed E-state index contributed by atoms with van der Waals surface area (Å²) in [5.74, 6) is 0.136. The van der Waals surface area contributed by atoms with Crippen LogP contribution in [0, 0.1) is 24.0 Å². The maximum Gasteiger partial charge on any atom is 0.271 e. The van der Waals surface area contributed by atoms with Crippen LogP contribution in [0.25, 0.3) is 0 Å². The molecule has 0 fully saturated rings. The first-order chi connectivity index (χ1) is 11.3. The van der Waals surface area contributed by atoms with E-state index < -0.39 is 16.9 Å². The number of ether oxygens (including phenoxy) is 1. The van der Waals surface area contributed by atoms with E-state index in [-0.39, 0.29) is 16.4 Å². The van der Waals surface area contributed by atoms with E-state index >= 15 is 0 Å². The highest BCUT2D eigenvalue weighted by Gasteiger charge is 2.18. The topological polar surface area (TPSA) is 81.5 Å². The minimum absolute atomic E-state index is 0.155. The van der Waals surface area contributed by atoms with Crippen LogP contribution in [0.2, 0.25) is 5.02 Å². The lowest BCUT2D eigenvalue weighted by Crippen LogP contribution is -2.30. The second kappa shape index (κ2) is 7.31. The Labute approximate surface area is 144 Å². The monoisotopic (exact) mass is 348 g/mol. The van der Waals surface area contributed by atoms with Crippen LogP contribution in [0.15, 0.2) is 36.4 Å². The number of nitro groups is 1. The van der Waals surface area contributed by atoms with Crippen molar-refractivity contribution in [2.45, 2.75) is 26.9 Å². The van der Waals surface area contributed by atoms with Crippen molar-refractivity contribution in [3.05, 3.63) is 62.7 Å². The molecule has 126 valence electrons. The number of benzene rings is 2. The fourth-order valence-electron chi connectivity index (χ4n) is 2.22. The van der Waals surface area contributed by atoms with Gasteiger partial charge >= 0.3 is 0 Å². The highest BCUT2D eigenvalue weighted by Crippen LogP contribution is 2.27. The van der Waals surface area contributed by atoms with Crippen LogP contribution in [0.1, 0.15) is 18.1 Å². The van der Waals surface area contributed by atoms with Gasteiger partial charge in [0, 0.05) is 12.1 Å². The predicted octanol–water partition coefficient (Wildman–Crippen LogP) is 4.27. The second-order valence-corrected chi connectivity index (χ2v) is 5.90. The number of aryl methyl sites for hydroxylation is 2. The van der Waals surface area contributed by atoms with E-state index in [4.69, 9.17) is 16.3 Å². The van der Waals surface area contributed by atoms with Crippen molar-refractivity contribution >= 4 is 28.9 Å². The van der Waals surface area contributed by atoms with Crippen molar-refractivity contribution in [3.63, 3.8) is 0 Å². The zero-order valence-corrected chi connectivity index (χ0v) is 14.3. The maximum absolute atomic E-state index is 12.3. The Morgan fingerprint density at radius 2 is 1.83 bits per heavy atom. The van der Waals surface area contributed by atoms with Crippen LogP contribution in [0.4, 0.5) is 11.4 Å². The lowest BCUT2D eigenvalue weighted by Gasteiger charge is -2.16. The lowest BCUT2D eigenvalue weighted by molar-refractivity contribution is -0.384. The summed E-state index contributed by atoms with van der Waals surface area (Å²) in [6.07, 6.45) is -0.790. The van der Waals surface area contributed by atoms with Crippen molar-refractivity contribution in [1.82, 2.24) is 0 Å². The molecule has 0 heterocycles. The Balaban J connectivity index is 2.11. The fraction of sp³-hybridized carbons (Fsp3) is 0.235. The van der Waals surface area contributed by atoms with E-state index in [0.717, 1.165) is 11.1 Å². The molecule has 0 radical (unpaired) electrons. The lowest BCUT2D eigenvalue weighted by atomic mass is 10.1. The summed E-state index contributed by atoms with van der Waals surface area (Å²) < 4.78 is 5.64. The largest absolute Gasteiger partial charge is 0.481 e. The number of carbonyl (C=O) groups excluding carboxylic acids is 1. The molecule has 0 aliphatic heterocycles. The number of nitrogens with one attached hydrogen (secondary N) is 1. The maximum atomic E-state index is 12.3. The number of anilines is 1. The smallest absolute Gasteiger partial charge is 0.271 e. The molecule has 0 aromatic heterocycles. The van der Waals surface area contributed by atoms with Gasteiger partial charge in [0.25, 0.3) is 11.6 Å². The van der Waals surface area contributed by atoms with E-state index in [9.17, 15) is 14.9 Å². The van der Waals surface area contributed by atoms with E-state index in [1.165, 1.54) is 18.2 Å². The molecule has 2 rings (SSSR count). The summed E-state index contributed by atoms with van der Waals surface area (Å²) in [6, 6.07) is 9.51. The molecule has 7 heteroatoms. The Hall–Kier alpha value is -2.60. The molecule has 1 amide bonds. The minimum Gasteiger partial charge on any atom is -0.481 e. The Morgan fingerprint density at radius 3 is 2.42 bits per heavy atom. The highest BCUT2D eigenvalue weighted by atomic mass is 35.5. The van der Waals surface area contributed by atoms with Gasteiger partial charge in [-0.3, -0.25) is 14.9 Å². The molecule has 0 saturated heterocycles. The molecule has 1 atom stereocenters. The van der Waals surface area contributed by atoms with Crippen molar-refractivity contribution < 1.29 is 14.5 Å². The number of hydrogen-bond donors (Lipinski definition) is 1. The summed E-state index contributed by atoms with van der Waals surface area (Å²) in [5.41, 5.74) is 2.07. The first-order valence-corrected chi connectivity index (χ1v) is 7.64. The Morgan fingerprint density at radius 1 is 1.21 bits per heavy atom. The predicted molar refractivity (Wildman–Crippen MR) is 92.7 cm³/mol. The summed E-state index contributed by atoms with van der Waals surface area (Å²) >= 11 is 5.97. The molecule has 0 bridgehead atoms. The summed E-state index contributed by atoms with van der Waals surface area (Å²) in [7, 11) is 0. The molecule has 0 unspecified atom stereocenters. The molecule has 6 nitrogen and oxygen atoms in total. The van der Waals surface area contributed by atoms with Crippen molar-refractivity contribution in [3.8, 4) is 5.75 Å². The van der Waals surface area contributed by atoms with Crippen molar-refractivity contribution in [1.29, 1.82) is 0 Å². The van der Waals surface area contributed by atoms with E-state index in [1.54, 1.807) is 6.92 Å². The number of nitro benzene ring substituents is 1. The third-order valence-corrected chi connectivity index (χ3v) is 3.63. The molecule has 0 aliphatic rings. The molecular weight excluding hydrogens is 332 g/mol. The minimum atomic E-state index is -0.790. The van der Waals surface area contributed by atoms with Gasteiger partial charge in [-0.1, -0.05) is 17.7 Å². The van der Waals surface area contributed by atoms with Crippen LogP contribution in [-0.4, -0.2) is 16.9 Å². The second-order valence-electron chi connectivity index (χ2n) is 5.49. The van der Waals surface area contributed by atoms with Gasteiger partial charge in [-0.2, -0.15) is 0 Å². The molecule has 2 aromatic carbocycles. The van der Waals surface area contributed by atoms with Gasteiger partial charge < -0.3 is 10.1 Å². The van der Waals surface area contributed by atoms with E-state index in [0.29, 0.717) is 5.75 Å². The fourth-order valence-corrected chi connectivity index (χ4v) is 2.38. The molecular formula is C17H17ClN2O4. The van der Waals surface area contributed by atoms with Crippen LogP contribution < -0.4 is 10.1 Å². The van der Waals surface area contributed by atoms with Crippen LogP contribution in [0.5, 0.6) is 5.75 Å². The summed E-state index contributed by atoms with van der Waals surface area (Å²) in [4.78, 5) is 22.5. The van der Waals surface area contributed by atoms with Gasteiger partial charge in [0.15, 0.2) is 6.10 Å². The summed E-state index contributed by atoms with van der Waals surface area (Å²) in [5, 5.41) is 13.6. The SMILES string of the molecule is Cc1cc(C)cc(O[C@H](C)C(=O)Nc2cc([N+](=O)[O-])ccc2Cl)c1. The van der Waals surface area contributed by atoms with Gasteiger partial charge in [-0.25, -0.2) is 0 Å². The first-order valence-electron chi connectivity index (χ1n) is 7.26. The molecule has 0 aliphatic carbocycles. The number of halogens is 1. The van der Waals surface area contributed by atoms with Gasteiger partial charge in [-0.15, -0.1) is 0 Å². The number of carbonyl (C=O) groups is 1. The normalized spacial score (nSPS) is 11.7. The molecule has 0 spiro atoms. The average molecular weight is 349 g/mol. The van der Waals surface area contributed by atoms with E-state index in [1.807, 2.05) is 32.0 Å². The number of amides is 1. The number of non-ortho nitro benzene ring substituents is 1. The van der Waals surface area contributed by atoms with Crippen LogP contribution in [0.3, 0.4) is 0 Å². The van der Waals surface area contributed by atoms with Gasteiger partial charge in [0.05, 0.1) is 15.6 Å². The Kier molecular flexibility index (Phi) is 5.41. The van der Waals surface area contributed by atoms with Crippen LogP contribution >= 0.6 is 11.6 Å². The zero-order chi connectivity index (χ0) is 17.9. The van der Waals surface area contributed by atoms with Gasteiger partial charge in [0.2, 0.25) is 0 Å². The number of hydrogen-bond acceptors (Lipinski definition) is 4. The van der Waals surface area contributed by atoms with Crippen molar-refractivity contribution in [2.75, 3.05) is 5.32 Å². The standard InChI is InChI=1S/C17H17ClN2O4/c1-10-6-11(2)8-14(7-10)24-12(3)17(21)19-16-9-13(20(22)23)4-5-15(16)18/h4-9,12H,1-3H3,(H,19,21)/t12-/m1/s1.